The first kappa shape index (κ1) is 24.5. The Labute approximate surface area is 271 Å². The van der Waals surface area contributed by atoms with E-state index < -0.39 is 0 Å². The molecule has 0 saturated heterocycles. The highest BCUT2D eigenvalue weighted by molar-refractivity contribution is 6.90. The van der Waals surface area contributed by atoms with Gasteiger partial charge in [-0.15, -0.1) is 0 Å². The number of para-hydroxylation sites is 4. The van der Waals surface area contributed by atoms with Gasteiger partial charge in [0.25, 0.3) is 0 Å². The molecule has 5 heterocycles. The van der Waals surface area contributed by atoms with Gasteiger partial charge in [-0.3, -0.25) is 0 Å². The highest BCUT2D eigenvalue weighted by Crippen LogP contribution is 2.56. The Morgan fingerprint density at radius 3 is 2.26 bits per heavy atom. The van der Waals surface area contributed by atoms with Gasteiger partial charge in [0.1, 0.15) is 11.2 Å². The lowest BCUT2D eigenvalue weighted by Crippen LogP contribution is -2.58. The topological polar surface area (TPSA) is 21.3 Å². The summed E-state index contributed by atoms with van der Waals surface area (Å²) >= 11 is 0. The second kappa shape index (κ2) is 7.97. The van der Waals surface area contributed by atoms with Crippen LogP contribution in [-0.4, -0.2) is 11.3 Å². The number of nitrogens with zero attached hydrogens (tertiary/aromatic N) is 2. The Kier molecular flexibility index (Phi) is 4.15. The maximum atomic E-state index is 6.75. The molecule has 3 aliphatic rings. The monoisotopic (exact) mass is 598 g/mol. The maximum Gasteiger partial charge on any atom is 0.333 e. The Hall–Kier alpha value is -5.74. The molecule has 0 unspecified atom stereocenters. The average molecular weight is 599 g/mol. The summed E-state index contributed by atoms with van der Waals surface area (Å²) in [6, 6.07) is 47.3. The van der Waals surface area contributed by atoms with Gasteiger partial charge in [0.05, 0.1) is 16.8 Å². The van der Waals surface area contributed by atoms with Crippen LogP contribution < -0.4 is 15.8 Å². The molecule has 218 valence electrons. The molecule has 4 heteroatoms. The van der Waals surface area contributed by atoms with E-state index in [2.05, 4.69) is 151 Å². The summed E-state index contributed by atoms with van der Waals surface area (Å²) in [7, 11) is 0. The number of furan rings is 1. The number of hydrogen-bond acceptors (Lipinski definition) is 2. The van der Waals surface area contributed by atoms with Gasteiger partial charge in [-0.2, -0.15) is 0 Å². The van der Waals surface area contributed by atoms with Crippen molar-refractivity contribution in [3.05, 3.63) is 139 Å². The van der Waals surface area contributed by atoms with Gasteiger partial charge in [0.15, 0.2) is 0 Å². The zero-order valence-corrected chi connectivity index (χ0v) is 26.0. The SMILES string of the molecule is CC1(C)c2ccccc2N2c3c(cccc31)B1c3c(cc4oc5ccccc5c4c32)-c2cccc3c4ccc5ccccc5c4n1c23. The predicted octanol–water partition coefficient (Wildman–Crippen LogP) is 9.90. The quantitative estimate of drug-likeness (QED) is 0.162. The molecule has 0 fully saturated rings. The van der Waals surface area contributed by atoms with Crippen molar-refractivity contribution in [1.82, 2.24) is 4.48 Å². The van der Waals surface area contributed by atoms with E-state index in [1.807, 2.05) is 0 Å². The fraction of sp³-hybridized carbons (Fsp3) is 0.0698. The van der Waals surface area contributed by atoms with Gasteiger partial charge < -0.3 is 13.8 Å². The van der Waals surface area contributed by atoms with Crippen molar-refractivity contribution in [3.63, 3.8) is 0 Å². The summed E-state index contributed by atoms with van der Waals surface area (Å²) in [5.74, 6) is 0. The first-order valence-corrected chi connectivity index (χ1v) is 16.6. The molecular weight excluding hydrogens is 571 g/mol. The van der Waals surface area contributed by atoms with E-state index in [1.165, 1.54) is 88.2 Å². The zero-order chi connectivity index (χ0) is 30.8. The minimum absolute atomic E-state index is 0.00830. The highest BCUT2D eigenvalue weighted by atomic mass is 16.3. The fourth-order valence-electron chi connectivity index (χ4n) is 9.61. The Morgan fingerprint density at radius 2 is 1.32 bits per heavy atom. The van der Waals surface area contributed by atoms with Crippen LogP contribution in [0.15, 0.2) is 132 Å². The number of anilines is 3. The lowest BCUT2D eigenvalue weighted by Gasteiger charge is -2.48. The van der Waals surface area contributed by atoms with Crippen LogP contribution in [0.5, 0.6) is 0 Å². The van der Waals surface area contributed by atoms with Crippen molar-refractivity contribution in [2.24, 2.45) is 0 Å². The summed E-state index contributed by atoms with van der Waals surface area (Å²) in [4.78, 5) is 2.60. The van der Waals surface area contributed by atoms with Gasteiger partial charge in [-0.05, 0) is 51.2 Å². The minimum atomic E-state index is -0.168. The highest BCUT2D eigenvalue weighted by Gasteiger charge is 2.49. The van der Waals surface area contributed by atoms with Crippen molar-refractivity contribution in [3.8, 4) is 11.1 Å². The van der Waals surface area contributed by atoms with Crippen LogP contribution >= 0.6 is 0 Å². The minimum Gasteiger partial charge on any atom is -0.456 e. The second-order valence-corrected chi connectivity index (χ2v) is 14.0. The molecule has 3 aliphatic heterocycles. The van der Waals surface area contributed by atoms with E-state index in [0.29, 0.717) is 0 Å². The molecule has 0 atom stereocenters. The summed E-state index contributed by atoms with van der Waals surface area (Å²) in [6.45, 7) is 4.77. The molecular formula is C43H27BN2O. The first-order chi connectivity index (χ1) is 23.1. The molecule has 9 aromatic rings. The molecule has 0 radical (unpaired) electrons. The molecule has 12 rings (SSSR count). The molecule has 0 saturated carbocycles. The van der Waals surface area contributed by atoms with Crippen molar-refractivity contribution < 1.29 is 4.42 Å². The summed E-state index contributed by atoms with van der Waals surface area (Å²) < 4.78 is 9.44. The number of rotatable bonds is 0. The normalized spacial score (nSPS) is 15.1. The molecule has 0 amide bonds. The Balaban J connectivity index is 1.38. The summed E-state index contributed by atoms with van der Waals surface area (Å²) in [5.41, 5.74) is 16.1. The third kappa shape index (κ3) is 2.68. The first-order valence-electron chi connectivity index (χ1n) is 16.6. The van der Waals surface area contributed by atoms with Gasteiger partial charge in [0.2, 0.25) is 0 Å². The van der Waals surface area contributed by atoms with Crippen molar-refractivity contribution in [1.29, 1.82) is 0 Å². The van der Waals surface area contributed by atoms with Crippen LogP contribution in [0.1, 0.15) is 25.0 Å². The lowest BCUT2D eigenvalue weighted by atomic mass is 9.44. The summed E-state index contributed by atoms with van der Waals surface area (Å²) in [6.07, 6.45) is 0. The van der Waals surface area contributed by atoms with E-state index in [0.717, 1.165) is 16.6 Å². The van der Waals surface area contributed by atoms with Crippen LogP contribution in [0.3, 0.4) is 0 Å². The van der Waals surface area contributed by atoms with E-state index >= 15 is 0 Å². The molecule has 7 aromatic carbocycles. The van der Waals surface area contributed by atoms with Crippen molar-refractivity contribution >= 4 is 89.4 Å². The standard InChI is InChI=1S/C43H27BN2O/c1-43(2)31-16-6-7-19-34(31)45-41-32(43)17-10-18-33(41)44-38-30(23-36-37(42(38)45)29-13-5-8-20-35(29)47-36)27-15-9-14-26-28-22-21-24-11-3-4-12-25(24)39(28)46(44)40(26)27/h3-23H,1-2H3. The van der Waals surface area contributed by atoms with Gasteiger partial charge in [-0.25, -0.2) is 0 Å². The third-order valence-corrected chi connectivity index (χ3v) is 11.5. The molecule has 47 heavy (non-hydrogen) atoms. The number of hydrogen-bond donors (Lipinski definition) is 0. The third-order valence-electron chi connectivity index (χ3n) is 11.5. The molecule has 0 spiro atoms. The number of benzene rings is 7. The Morgan fingerprint density at radius 1 is 0.574 bits per heavy atom. The predicted molar refractivity (Wildman–Crippen MR) is 197 cm³/mol. The van der Waals surface area contributed by atoms with Crippen LogP contribution in [0, 0.1) is 0 Å². The van der Waals surface area contributed by atoms with Crippen LogP contribution in [0.4, 0.5) is 17.1 Å². The molecule has 2 aromatic heterocycles. The molecule has 0 N–H and O–H groups in total. The number of fused-ring (bicyclic) bond motifs is 15. The van der Waals surface area contributed by atoms with E-state index in [4.69, 9.17) is 4.42 Å². The molecule has 0 bridgehead atoms. The maximum absolute atomic E-state index is 6.75. The molecule has 3 nitrogen and oxygen atoms in total. The van der Waals surface area contributed by atoms with E-state index in [-0.39, 0.29) is 12.3 Å². The second-order valence-electron chi connectivity index (χ2n) is 14.0. The molecule has 0 aliphatic carbocycles. The Bertz CT molecular complexity index is 2910. The van der Waals surface area contributed by atoms with Gasteiger partial charge in [-0.1, -0.05) is 123 Å². The smallest absolute Gasteiger partial charge is 0.333 e. The van der Waals surface area contributed by atoms with E-state index in [9.17, 15) is 0 Å². The van der Waals surface area contributed by atoms with Gasteiger partial charge >= 0.3 is 6.85 Å². The van der Waals surface area contributed by atoms with Crippen molar-refractivity contribution in [2.45, 2.75) is 19.3 Å². The zero-order valence-electron chi connectivity index (χ0n) is 26.0. The van der Waals surface area contributed by atoms with Gasteiger partial charge in [0, 0.05) is 49.2 Å². The largest absolute Gasteiger partial charge is 0.456 e. The van der Waals surface area contributed by atoms with E-state index in [1.54, 1.807) is 0 Å². The number of aromatic nitrogens is 1. The van der Waals surface area contributed by atoms with Crippen molar-refractivity contribution in [2.75, 3.05) is 4.90 Å². The van der Waals surface area contributed by atoms with Crippen LogP contribution in [0.25, 0.3) is 65.6 Å². The van der Waals surface area contributed by atoms with Crippen LogP contribution in [-0.2, 0) is 5.41 Å². The lowest BCUT2D eigenvalue weighted by molar-refractivity contribution is 0.632. The summed E-state index contributed by atoms with van der Waals surface area (Å²) in [5, 5.41) is 7.53. The van der Waals surface area contributed by atoms with Crippen LogP contribution in [0.2, 0.25) is 0 Å². The average Bonchev–Trinajstić information content (AvgIpc) is 3.66. The fourth-order valence-corrected chi connectivity index (χ4v) is 9.61.